The van der Waals surface area contributed by atoms with E-state index in [1.54, 1.807) is 4.90 Å². The summed E-state index contributed by atoms with van der Waals surface area (Å²) in [5.74, 6) is -0.322. The van der Waals surface area contributed by atoms with E-state index in [-0.39, 0.29) is 11.9 Å². The Bertz CT molecular complexity index is 509. The van der Waals surface area contributed by atoms with Gasteiger partial charge in [-0.1, -0.05) is 36.4 Å². The maximum atomic E-state index is 7.63. The maximum Gasteiger partial charge on any atom is 0.197 e. The number of hydrogen-bond donors (Lipinski definition) is 5. The van der Waals surface area contributed by atoms with E-state index < -0.39 is 0 Å². The first-order valence-electron chi connectivity index (χ1n) is 5.86. The molecule has 2 aromatic carbocycles. The van der Waals surface area contributed by atoms with Gasteiger partial charge in [0, 0.05) is 11.4 Å². The largest absolute Gasteiger partial charge is 0.370 e. The fraction of sp³-hybridized carbons (Fsp3) is 0. The smallest absolute Gasteiger partial charge is 0.197 e. The zero-order chi connectivity index (χ0) is 15.0. The second kappa shape index (κ2) is 7.42. The maximum absolute atomic E-state index is 7.63. The van der Waals surface area contributed by atoms with Gasteiger partial charge in [0.2, 0.25) is 0 Å². The molecule has 0 aromatic heterocycles. The van der Waals surface area contributed by atoms with Crippen LogP contribution in [0.4, 0.5) is 11.4 Å². The average molecular weight is 270 g/mol. The highest BCUT2D eigenvalue weighted by atomic mass is 15.2. The van der Waals surface area contributed by atoms with Crippen LogP contribution in [0.25, 0.3) is 0 Å². The molecule has 6 heteroatoms. The van der Waals surface area contributed by atoms with Gasteiger partial charge in [0.05, 0.1) is 0 Å². The van der Waals surface area contributed by atoms with E-state index in [1.807, 2.05) is 60.7 Å². The second-order valence-electron chi connectivity index (χ2n) is 3.85. The van der Waals surface area contributed by atoms with Crippen molar-refractivity contribution in [2.45, 2.75) is 0 Å². The molecule has 8 N–H and O–H groups in total. The highest BCUT2D eigenvalue weighted by molar-refractivity contribution is 5.99. The molecule has 0 unspecified atom stereocenters. The Balaban J connectivity index is 0.000000444. The molecule has 0 radical (unpaired) electrons. The molecule has 2 aromatic rings. The van der Waals surface area contributed by atoms with Crippen molar-refractivity contribution in [2.75, 3.05) is 4.90 Å². The number of anilines is 2. The predicted octanol–water partition coefficient (Wildman–Crippen LogP) is 1.56. The van der Waals surface area contributed by atoms with Gasteiger partial charge in [-0.15, -0.1) is 0 Å². The Morgan fingerprint density at radius 2 is 1.00 bits per heavy atom. The van der Waals surface area contributed by atoms with Crippen LogP contribution in [0.15, 0.2) is 60.7 Å². The number of nitrogens with one attached hydrogen (secondary N) is 2. The van der Waals surface area contributed by atoms with Crippen LogP contribution < -0.4 is 22.1 Å². The number of nitrogens with two attached hydrogens (primary N) is 3. The summed E-state index contributed by atoms with van der Waals surface area (Å²) in [6, 6.07) is 19.3. The monoisotopic (exact) mass is 270 g/mol. The van der Waals surface area contributed by atoms with Crippen molar-refractivity contribution < 1.29 is 0 Å². The van der Waals surface area contributed by atoms with Gasteiger partial charge in [-0.25, -0.2) is 0 Å². The van der Waals surface area contributed by atoms with Gasteiger partial charge in [-0.2, -0.15) is 0 Å². The molecule has 104 valence electrons. The molecule has 0 bridgehead atoms. The van der Waals surface area contributed by atoms with E-state index in [2.05, 4.69) is 11.5 Å². The molecule has 0 fully saturated rings. The minimum atomic E-state index is -0.333. The van der Waals surface area contributed by atoms with Crippen LogP contribution in [0.1, 0.15) is 0 Å². The van der Waals surface area contributed by atoms with Gasteiger partial charge in [-0.3, -0.25) is 15.7 Å². The van der Waals surface area contributed by atoms with E-state index in [1.165, 1.54) is 0 Å². The molecule has 6 nitrogen and oxygen atoms in total. The number of para-hydroxylation sites is 2. The summed E-state index contributed by atoms with van der Waals surface area (Å²) in [6.07, 6.45) is 0. The minimum Gasteiger partial charge on any atom is -0.370 e. The van der Waals surface area contributed by atoms with Crippen LogP contribution in [0.5, 0.6) is 0 Å². The quantitative estimate of drug-likeness (QED) is 0.419. The minimum absolute atomic E-state index is 0.0115. The van der Waals surface area contributed by atoms with Crippen LogP contribution >= 0.6 is 0 Å². The summed E-state index contributed by atoms with van der Waals surface area (Å²) in [4.78, 5) is 1.69. The Labute approximate surface area is 117 Å². The fourth-order valence-corrected chi connectivity index (χ4v) is 1.58. The molecule has 0 aliphatic heterocycles. The Morgan fingerprint density at radius 3 is 1.25 bits per heavy atom. The summed E-state index contributed by atoms with van der Waals surface area (Å²) in [5.41, 5.74) is 16.3. The predicted molar refractivity (Wildman–Crippen MR) is 83.0 cm³/mol. The first kappa shape index (κ1) is 15.0. The average Bonchev–Trinajstić information content (AvgIpc) is 2.40. The van der Waals surface area contributed by atoms with Crippen molar-refractivity contribution in [1.82, 2.24) is 0 Å². The number of nitrogens with zero attached hydrogens (tertiary/aromatic N) is 1. The molecular weight excluding hydrogens is 252 g/mol. The topological polar surface area (TPSA) is 129 Å². The highest BCUT2D eigenvalue weighted by Crippen LogP contribution is 2.23. The molecule has 0 spiro atoms. The lowest BCUT2D eigenvalue weighted by Gasteiger charge is -2.22. The number of rotatable bonds is 2. The Kier molecular flexibility index (Phi) is 5.58. The SMILES string of the molecule is N=C(N)N.N=C(N)N(c1ccccc1)c1ccccc1. The lowest BCUT2D eigenvalue weighted by molar-refractivity contribution is 1.26. The van der Waals surface area contributed by atoms with Crippen LogP contribution in [0, 0.1) is 10.8 Å². The van der Waals surface area contributed by atoms with Gasteiger partial charge in [-0.05, 0) is 24.3 Å². The van der Waals surface area contributed by atoms with Crippen LogP contribution in [0.2, 0.25) is 0 Å². The lowest BCUT2D eigenvalue weighted by Crippen LogP contribution is -2.32. The fourth-order valence-electron chi connectivity index (χ4n) is 1.58. The van der Waals surface area contributed by atoms with Gasteiger partial charge >= 0.3 is 0 Å². The molecular formula is C14H18N6. The van der Waals surface area contributed by atoms with E-state index in [4.69, 9.17) is 16.6 Å². The highest BCUT2D eigenvalue weighted by Gasteiger charge is 2.10. The molecule has 0 aliphatic rings. The van der Waals surface area contributed by atoms with Crippen LogP contribution in [-0.4, -0.2) is 11.9 Å². The summed E-state index contributed by atoms with van der Waals surface area (Å²) in [7, 11) is 0. The summed E-state index contributed by atoms with van der Waals surface area (Å²) < 4.78 is 0. The molecule has 0 saturated heterocycles. The normalized spacial score (nSPS) is 9.00. The van der Waals surface area contributed by atoms with E-state index in [0.717, 1.165) is 11.4 Å². The van der Waals surface area contributed by atoms with Crippen molar-refractivity contribution in [1.29, 1.82) is 10.8 Å². The zero-order valence-electron chi connectivity index (χ0n) is 11.0. The lowest BCUT2D eigenvalue weighted by atomic mass is 10.2. The third kappa shape index (κ3) is 4.69. The first-order valence-corrected chi connectivity index (χ1v) is 5.86. The van der Waals surface area contributed by atoms with Gasteiger partial charge < -0.3 is 17.2 Å². The van der Waals surface area contributed by atoms with Gasteiger partial charge in [0.25, 0.3) is 0 Å². The third-order valence-corrected chi connectivity index (χ3v) is 2.27. The molecule has 0 saturated carbocycles. The number of benzene rings is 2. The van der Waals surface area contributed by atoms with Crippen molar-refractivity contribution >= 4 is 23.3 Å². The van der Waals surface area contributed by atoms with E-state index >= 15 is 0 Å². The van der Waals surface area contributed by atoms with E-state index in [0.29, 0.717) is 0 Å². The first-order chi connectivity index (χ1) is 9.52. The molecule has 0 atom stereocenters. The molecule has 2 rings (SSSR count). The zero-order valence-corrected chi connectivity index (χ0v) is 11.0. The number of guanidine groups is 2. The summed E-state index contributed by atoms with van der Waals surface area (Å²) in [5, 5.41) is 13.7. The van der Waals surface area contributed by atoms with Crippen LogP contribution in [0.3, 0.4) is 0 Å². The molecule has 0 heterocycles. The standard InChI is InChI=1S/C13H13N3.CH5N3/c14-13(15)16(11-7-3-1-4-8-11)12-9-5-2-6-10-12;2-1(3)4/h1-10H,(H3,14,15);(H5,2,3,4). The van der Waals surface area contributed by atoms with Crippen molar-refractivity contribution in [3.63, 3.8) is 0 Å². The van der Waals surface area contributed by atoms with Gasteiger partial charge in [0.15, 0.2) is 11.9 Å². The summed E-state index contributed by atoms with van der Waals surface area (Å²) in [6.45, 7) is 0. The van der Waals surface area contributed by atoms with Crippen LogP contribution in [-0.2, 0) is 0 Å². The van der Waals surface area contributed by atoms with Gasteiger partial charge in [0.1, 0.15) is 0 Å². The van der Waals surface area contributed by atoms with Crippen molar-refractivity contribution in [3.8, 4) is 0 Å². The second-order valence-corrected chi connectivity index (χ2v) is 3.85. The third-order valence-electron chi connectivity index (χ3n) is 2.27. The Hall–Kier alpha value is -3.02. The van der Waals surface area contributed by atoms with Crippen molar-refractivity contribution in [2.24, 2.45) is 17.2 Å². The molecule has 0 amide bonds. The van der Waals surface area contributed by atoms with Crippen molar-refractivity contribution in [3.05, 3.63) is 60.7 Å². The number of hydrogen-bond acceptors (Lipinski definition) is 2. The molecule has 0 aliphatic carbocycles. The summed E-state index contributed by atoms with van der Waals surface area (Å²) >= 11 is 0. The Morgan fingerprint density at radius 1 is 0.700 bits per heavy atom. The molecule has 20 heavy (non-hydrogen) atoms. The van der Waals surface area contributed by atoms with E-state index in [9.17, 15) is 0 Å².